The number of carbonyl (C=O) groups is 2. The number of carbonyl (C=O) groups excluding carboxylic acids is 1. The van der Waals surface area contributed by atoms with Crippen molar-refractivity contribution in [2.75, 3.05) is 13.6 Å². The van der Waals surface area contributed by atoms with E-state index in [4.69, 9.17) is 5.11 Å². The van der Waals surface area contributed by atoms with E-state index in [0.717, 1.165) is 17.0 Å². The van der Waals surface area contributed by atoms with Gasteiger partial charge in [0.05, 0.1) is 5.92 Å². The molecule has 0 aliphatic carbocycles. The molecular formula is C11H16N2O4S. The number of aryl methyl sites for hydroxylation is 1. The largest absolute Gasteiger partial charge is 0.481 e. The van der Waals surface area contributed by atoms with Crippen molar-refractivity contribution >= 4 is 23.2 Å². The highest BCUT2D eigenvalue weighted by Gasteiger charge is 2.18. The van der Waals surface area contributed by atoms with E-state index in [1.165, 1.54) is 23.4 Å². The molecule has 1 heterocycles. The lowest BCUT2D eigenvalue weighted by Gasteiger charge is -2.19. The fraction of sp³-hybridized carbons (Fsp3) is 0.545. The van der Waals surface area contributed by atoms with E-state index in [9.17, 15) is 14.4 Å². The van der Waals surface area contributed by atoms with Crippen LogP contribution in [0.2, 0.25) is 0 Å². The van der Waals surface area contributed by atoms with E-state index in [0.29, 0.717) is 0 Å². The van der Waals surface area contributed by atoms with Crippen LogP contribution in [0, 0.1) is 12.8 Å². The summed E-state index contributed by atoms with van der Waals surface area (Å²) in [6.07, 6.45) is 0. The second-order valence-corrected chi connectivity index (χ2v) is 5.06. The van der Waals surface area contributed by atoms with Crippen molar-refractivity contribution in [1.29, 1.82) is 0 Å². The fourth-order valence-corrected chi connectivity index (χ4v) is 2.18. The number of hydrogen-bond donors (Lipinski definition) is 1. The molecule has 1 amide bonds. The molecule has 0 aliphatic heterocycles. The minimum atomic E-state index is -0.946. The lowest BCUT2D eigenvalue weighted by molar-refractivity contribution is -0.142. The number of amides is 1. The van der Waals surface area contributed by atoms with E-state index < -0.39 is 11.9 Å². The first-order valence-electron chi connectivity index (χ1n) is 5.44. The zero-order valence-corrected chi connectivity index (χ0v) is 11.4. The molecule has 6 nitrogen and oxygen atoms in total. The molecule has 0 saturated heterocycles. The Morgan fingerprint density at radius 3 is 2.61 bits per heavy atom. The molecule has 1 unspecified atom stereocenters. The molecule has 7 heteroatoms. The van der Waals surface area contributed by atoms with Gasteiger partial charge in [-0.1, -0.05) is 18.3 Å². The van der Waals surface area contributed by atoms with Crippen LogP contribution in [0.25, 0.3) is 0 Å². The van der Waals surface area contributed by atoms with Crippen LogP contribution in [0.1, 0.15) is 12.6 Å². The molecule has 1 rings (SSSR count). The molecule has 0 saturated carbocycles. The number of carboxylic acid groups (broad SMARTS) is 1. The number of carboxylic acids is 1. The van der Waals surface area contributed by atoms with Gasteiger partial charge >= 0.3 is 10.8 Å². The van der Waals surface area contributed by atoms with Crippen molar-refractivity contribution < 1.29 is 14.7 Å². The Balaban J connectivity index is 2.66. The molecule has 0 fully saturated rings. The van der Waals surface area contributed by atoms with Crippen molar-refractivity contribution in [2.45, 2.75) is 20.4 Å². The summed E-state index contributed by atoms with van der Waals surface area (Å²) in [5.41, 5.74) is 0.734. The molecule has 100 valence electrons. The second kappa shape index (κ2) is 5.81. The lowest BCUT2D eigenvalue weighted by atomic mass is 10.2. The van der Waals surface area contributed by atoms with Gasteiger partial charge in [-0.2, -0.15) is 0 Å². The number of likely N-dealkylation sites (N-methyl/N-ethyl adjacent to an activating group) is 1. The summed E-state index contributed by atoms with van der Waals surface area (Å²) < 4.78 is 1.38. The third kappa shape index (κ3) is 3.43. The Morgan fingerprint density at radius 2 is 2.17 bits per heavy atom. The highest BCUT2D eigenvalue weighted by molar-refractivity contribution is 7.07. The van der Waals surface area contributed by atoms with E-state index >= 15 is 0 Å². The van der Waals surface area contributed by atoms with Gasteiger partial charge in [-0.05, 0) is 6.92 Å². The van der Waals surface area contributed by atoms with Gasteiger partial charge in [0.15, 0.2) is 0 Å². The van der Waals surface area contributed by atoms with Crippen LogP contribution in [0.4, 0.5) is 0 Å². The summed E-state index contributed by atoms with van der Waals surface area (Å²) >= 11 is 1.05. The molecule has 1 aromatic rings. The van der Waals surface area contributed by atoms with Crippen LogP contribution >= 0.6 is 11.3 Å². The Hall–Kier alpha value is -1.63. The van der Waals surface area contributed by atoms with Gasteiger partial charge in [0.2, 0.25) is 5.91 Å². The van der Waals surface area contributed by atoms with Gasteiger partial charge in [0, 0.05) is 24.7 Å². The van der Waals surface area contributed by atoms with E-state index in [-0.39, 0.29) is 23.9 Å². The first kappa shape index (κ1) is 14.4. The van der Waals surface area contributed by atoms with Gasteiger partial charge in [-0.25, -0.2) is 0 Å². The zero-order chi connectivity index (χ0) is 13.9. The summed E-state index contributed by atoms with van der Waals surface area (Å²) in [5.74, 6) is -1.84. The van der Waals surface area contributed by atoms with Crippen LogP contribution in [-0.2, 0) is 16.1 Å². The number of nitrogens with zero attached hydrogens (tertiary/aromatic N) is 2. The number of aliphatic carboxylic acids is 1. The van der Waals surface area contributed by atoms with Crippen LogP contribution in [-0.4, -0.2) is 40.0 Å². The maximum atomic E-state index is 11.9. The molecule has 1 aromatic heterocycles. The van der Waals surface area contributed by atoms with Crippen LogP contribution in [0.3, 0.4) is 0 Å². The molecule has 0 radical (unpaired) electrons. The summed E-state index contributed by atoms with van der Waals surface area (Å²) in [7, 11) is 1.54. The van der Waals surface area contributed by atoms with Crippen molar-refractivity contribution in [3.63, 3.8) is 0 Å². The van der Waals surface area contributed by atoms with E-state index in [1.54, 1.807) is 12.3 Å². The minimum Gasteiger partial charge on any atom is -0.481 e. The topological polar surface area (TPSA) is 79.6 Å². The Bertz CT molecular complexity index is 505. The van der Waals surface area contributed by atoms with Gasteiger partial charge in [0.1, 0.15) is 6.54 Å². The van der Waals surface area contributed by atoms with Crippen LogP contribution < -0.4 is 4.87 Å². The summed E-state index contributed by atoms with van der Waals surface area (Å²) in [6, 6.07) is 0. The van der Waals surface area contributed by atoms with Crippen LogP contribution in [0.5, 0.6) is 0 Å². The first-order chi connectivity index (χ1) is 8.32. The number of hydrogen-bond acceptors (Lipinski definition) is 4. The monoisotopic (exact) mass is 272 g/mol. The highest BCUT2D eigenvalue weighted by Crippen LogP contribution is 2.03. The third-order valence-electron chi connectivity index (χ3n) is 2.66. The van der Waals surface area contributed by atoms with E-state index in [2.05, 4.69) is 0 Å². The Morgan fingerprint density at radius 1 is 1.56 bits per heavy atom. The highest BCUT2D eigenvalue weighted by atomic mass is 32.1. The molecule has 0 aromatic carbocycles. The Labute approximate surface area is 108 Å². The van der Waals surface area contributed by atoms with Gasteiger partial charge in [0.25, 0.3) is 0 Å². The van der Waals surface area contributed by atoms with Gasteiger partial charge in [-0.3, -0.25) is 19.0 Å². The fourth-order valence-electron chi connectivity index (χ4n) is 1.44. The van der Waals surface area contributed by atoms with Gasteiger partial charge in [-0.15, -0.1) is 0 Å². The predicted molar refractivity (Wildman–Crippen MR) is 67.8 cm³/mol. The molecule has 1 atom stereocenters. The van der Waals surface area contributed by atoms with Gasteiger partial charge < -0.3 is 10.0 Å². The molecule has 0 spiro atoms. The molecule has 0 bridgehead atoms. The molecule has 0 aliphatic rings. The summed E-state index contributed by atoms with van der Waals surface area (Å²) in [4.78, 5) is 35.1. The number of rotatable bonds is 5. The van der Waals surface area contributed by atoms with Crippen LogP contribution in [0.15, 0.2) is 10.2 Å². The van der Waals surface area contributed by atoms with Crippen molar-refractivity contribution in [3.8, 4) is 0 Å². The molecule has 18 heavy (non-hydrogen) atoms. The zero-order valence-electron chi connectivity index (χ0n) is 10.5. The van der Waals surface area contributed by atoms with Crippen molar-refractivity contribution in [2.24, 2.45) is 5.92 Å². The quantitative estimate of drug-likeness (QED) is 0.841. The first-order valence-corrected chi connectivity index (χ1v) is 6.32. The Kier molecular flexibility index (Phi) is 4.66. The maximum absolute atomic E-state index is 11.9. The van der Waals surface area contributed by atoms with Crippen molar-refractivity contribution in [1.82, 2.24) is 9.47 Å². The smallest absolute Gasteiger partial charge is 0.308 e. The summed E-state index contributed by atoms with van der Waals surface area (Å²) in [5, 5.41) is 10.5. The number of aromatic nitrogens is 1. The average Bonchev–Trinajstić information content (AvgIpc) is 2.60. The van der Waals surface area contributed by atoms with E-state index in [1.807, 2.05) is 0 Å². The predicted octanol–water partition coefficient (Wildman–Crippen LogP) is 0.397. The lowest BCUT2D eigenvalue weighted by Crippen LogP contribution is -2.37. The third-order valence-corrected chi connectivity index (χ3v) is 3.55. The molecular weight excluding hydrogens is 256 g/mol. The number of thiazole rings is 1. The average molecular weight is 272 g/mol. The SMILES string of the molecule is Cc1csc(=O)n1CC(=O)N(C)CC(C)C(=O)O. The minimum absolute atomic E-state index is 0.0446. The van der Waals surface area contributed by atoms with Crippen molar-refractivity contribution in [3.05, 3.63) is 20.7 Å². The second-order valence-electron chi connectivity index (χ2n) is 4.24. The standard InChI is InChI=1S/C11H16N2O4S/c1-7(10(15)16)4-12(3)9(14)5-13-8(2)6-18-11(13)17/h6-7H,4-5H2,1-3H3,(H,15,16). The maximum Gasteiger partial charge on any atom is 0.308 e. The normalized spacial score (nSPS) is 12.2. The molecule has 1 N–H and O–H groups in total. The summed E-state index contributed by atoms with van der Waals surface area (Å²) in [6.45, 7) is 3.38.